The predicted molar refractivity (Wildman–Crippen MR) is 58.0 cm³/mol. The summed E-state index contributed by atoms with van der Waals surface area (Å²) in [6, 6.07) is 2.46. The molecule has 0 aromatic heterocycles. The Labute approximate surface area is 87.1 Å². The van der Waals surface area contributed by atoms with E-state index in [4.69, 9.17) is 5.26 Å². The monoisotopic (exact) mass is 195 g/mol. The van der Waals surface area contributed by atoms with E-state index in [0.29, 0.717) is 0 Å². The SMILES string of the molecule is CCCCCCN1CCNCC1C#N. The van der Waals surface area contributed by atoms with Crippen molar-refractivity contribution in [3.63, 3.8) is 0 Å². The molecule has 1 rings (SSSR count). The number of nitriles is 1. The van der Waals surface area contributed by atoms with Crippen LogP contribution in [0.2, 0.25) is 0 Å². The second-order valence-electron chi connectivity index (χ2n) is 3.95. The standard InChI is InChI=1S/C11H21N3/c1-2-3-4-5-7-14-8-6-13-10-11(14)9-12/h11,13H,2-8,10H2,1H3. The molecule has 1 unspecified atom stereocenters. The van der Waals surface area contributed by atoms with Gasteiger partial charge in [-0.05, 0) is 13.0 Å². The average Bonchev–Trinajstić information content (AvgIpc) is 2.25. The zero-order chi connectivity index (χ0) is 10.2. The van der Waals surface area contributed by atoms with Crippen LogP contribution in [0.4, 0.5) is 0 Å². The first kappa shape index (κ1) is 11.5. The molecule has 1 aliphatic heterocycles. The summed E-state index contributed by atoms with van der Waals surface area (Å²) in [7, 11) is 0. The topological polar surface area (TPSA) is 39.1 Å². The summed E-state index contributed by atoms with van der Waals surface area (Å²) >= 11 is 0. The fourth-order valence-corrected chi connectivity index (χ4v) is 1.88. The third-order valence-electron chi connectivity index (χ3n) is 2.80. The van der Waals surface area contributed by atoms with Crippen molar-refractivity contribution in [1.82, 2.24) is 10.2 Å². The van der Waals surface area contributed by atoms with Crippen molar-refractivity contribution in [2.24, 2.45) is 0 Å². The molecule has 0 saturated carbocycles. The van der Waals surface area contributed by atoms with Crippen molar-refractivity contribution in [2.75, 3.05) is 26.2 Å². The Morgan fingerprint density at radius 3 is 3.00 bits per heavy atom. The number of unbranched alkanes of at least 4 members (excludes halogenated alkanes) is 3. The third-order valence-corrected chi connectivity index (χ3v) is 2.80. The van der Waals surface area contributed by atoms with Crippen molar-refractivity contribution < 1.29 is 0 Å². The van der Waals surface area contributed by atoms with Crippen LogP contribution in [0, 0.1) is 11.3 Å². The lowest BCUT2D eigenvalue weighted by molar-refractivity contribution is 0.193. The van der Waals surface area contributed by atoms with E-state index in [9.17, 15) is 0 Å². The Bertz CT molecular complexity index is 185. The number of rotatable bonds is 5. The second-order valence-corrected chi connectivity index (χ2v) is 3.95. The molecular weight excluding hydrogens is 174 g/mol. The Balaban J connectivity index is 2.17. The lowest BCUT2D eigenvalue weighted by Crippen LogP contribution is -2.50. The summed E-state index contributed by atoms with van der Waals surface area (Å²) in [5.74, 6) is 0. The molecule has 0 aliphatic carbocycles. The zero-order valence-electron chi connectivity index (χ0n) is 9.13. The molecule has 0 bridgehead atoms. The molecule has 0 spiro atoms. The molecule has 80 valence electrons. The summed E-state index contributed by atoms with van der Waals surface area (Å²) in [4.78, 5) is 2.31. The Morgan fingerprint density at radius 2 is 2.29 bits per heavy atom. The summed E-state index contributed by atoms with van der Waals surface area (Å²) in [6.07, 6.45) is 5.15. The van der Waals surface area contributed by atoms with E-state index in [1.165, 1.54) is 25.7 Å². The normalized spacial score (nSPS) is 23.3. The van der Waals surface area contributed by atoms with Gasteiger partial charge in [-0.3, -0.25) is 4.90 Å². The van der Waals surface area contributed by atoms with Crippen LogP contribution in [0.5, 0.6) is 0 Å². The predicted octanol–water partition coefficient (Wildman–Crippen LogP) is 1.36. The van der Waals surface area contributed by atoms with Gasteiger partial charge in [0.1, 0.15) is 6.04 Å². The van der Waals surface area contributed by atoms with Crippen LogP contribution in [-0.2, 0) is 0 Å². The average molecular weight is 195 g/mol. The molecule has 1 heterocycles. The number of hydrogen-bond acceptors (Lipinski definition) is 3. The number of nitrogens with zero attached hydrogens (tertiary/aromatic N) is 2. The van der Waals surface area contributed by atoms with Crippen LogP contribution < -0.4 is 5.32 Å². The minimum atomic E-state index is 0.102. The first-order valence-corrected chi connectivity index (χ1v) is 5.73. The fraction of sp³-hybridized carbons (Fsp3) is 0.909. The van der Waals surface area contributed by atoms with Gasteiger partial charge in [0.05, 0.1) is 6.07 Å². The molecule has 1 aliphatic rings. The van der Waals surface area contributed by atoms with Gasteiger partial charge in [-0.15, -0.1) is 0 Å². The Morgan fingerprint density at radius 1 is 1.43 bits per heavy atom. The number of piperazine rings is 1. The molecule has 0 aromatic rings. The molecule has 1 fully saturated rings. The van der Waals surface area contributed by atoms with Gasteiger partial charge in [-0.1, -0.05) is 26.2 Å². The van der Waals surface area contributed by atoms with Gasteiger partial charge in [0.25, 0.3) is 0 Å². The third kappa shape index (κ3) is 3.65. The highest BCUT2D eigenvalue weighted by molar-refractivity contribution is 4.95. The minimum Gasteiger partial charge on any atom is -0.313 e. The molecule has 14 heavy (non-hydrogen) atoms. The maximum atomic E-state index is 8.93. The minimum absolute atomic E-state index is 0.102. The van der Waals surface area contributed by atoms with Gasteiger partial charge in [-0.25, -0.2) is 0 Å². The van der Waals surface area contributed by atoms with Crippen molar-refractivity contribution in [2.45, 2.75) is 38.6 Å². The van der Waals surface area contributed by atoms with E-state index < -0.39 is 0 Å². The maximum Gasteiger partial charge on any atom is 0.110 e. The highest BCUT2D eigenvalue weighted by Crippen LogP contribution is 2.06. The summed E-state index contributed by atoms with van der Waals surface area (Å²) in [5.41, 5.74) is 0. The lowest BCUT2D eigenvalue weighted by Gasteiger charge is -2.31. The van der Waals surface area contributed by atoms with E-state index >= 15 is 0 Å². The summed E-state index contributed by atoms with van der Waals surface area (Å²) in [6.45, 7) is 6.23. The van der Waals surface area contributed by atoms with Crippen molar-refractivity contribution in [3.05, 3.63) is 0 Å². The lowest BCUT2D eigenvalue weighted by atomic mass is 10.1. The van der Waals surface area contributed by atoms with Crippen molar-refractivity contribution in [1.29, 1.82) is 5.26 Å². The van der Waals surface area contributed by atoms with Crippen LogP contribution in [0.15, 0.2) is 0 Å². The first-order chi connectivity index (χ1) is 6.88. The van der Waals surface area contributed by atoms with Gasteiger partial charge < -0.3 is 5.32 Å². The first-order valence-electron chi connectivity index (χ1n) is 5.73. The van der Waals surface area contributed by atoms with Gasteiger partial charge in [0.15, 0.2) is 0 Å². The van der Waals surface area contributed by atoms with E-state index in [-0.39, 0.29) is 6.04 Å². The van der Waals surface area contributed by atoms with Crippen molar-refractivity contribution in [3.8, 4) is 6.07 Å². The van der Waals surface area contributed by atoms with Crippen LogP contribution in [0.3, 0.4) is 0 Å². The quantitative estimate of drug-likeness (QED) is 0.673. The molecule has 3 nitrogen and oxygen atoms in total. The van der Waals surface area contributed by atoms with E-state index in [2.05, 4.69) is 23.2 Å². The van der Waals surface area contributed by atoms with E-state index in [1.54, 1.807) is 0 Å². The maximum absolute atomic E-state index is 8.93. The molecule has 0 aromatic carbocycles. The molecule has 3 heteroatoms. The molecular formula is C11H21N3. The van der Waals surface area contributed by atoms with Gasteiger partial charge >= 0.3 is 0 Å². The van der Waals surface area contributed by atoms with Crippen molar-refractivity contribution >= 4 is 0 Å². The highest BCUT2D eigenvalue weighted by Gasteiger charge is 2.20. The largest absolute Gasteiger partial charge is 0.313 e. The number of nitrogens with one attached hydrogen (secondary N) is 1. The fourth-order valence-electron chi connectivity index (χ4n) is 1.88. The second kappa shape index (κ2) is 6.80. The highest BCUT2D eigenvalue weighted by atomic mass is 15.2. The van der Waals surface area contributed by atoms with Gasteiger partial charge in [0, 0.05) is 19.6 Å². The van der Waals surface area contributed by atoms with Crippen LogP contribution in [0.1, 0.15) is 32.6 Å². The van der Waals surface area contributed by atoms with Crippen LogP contribution in [-0.4, -0.2) is 37.1 Å². The summed E-state index contributed by atoms with van der Waals surface area (Å²) in [5, 5.41) is 12.2. The molecule has 0 radical (unpaired) electrons. The molecule has 0 amide bonds. The Hall–Kier alpha value is -0.590. The summed E-state index contributed by atoms with van der Waals surface area (Å²) < 4.78 is 0. The molecule has 1 saturated heterocycles. The van der Waals surface area contributed by atoms with E-state index in [0.717, 1.165) is 26.2 Å². The number of hydrogen-bond donors (Lipinski definition) is 1. The van der Waals surface area contributed by atoms with Gasteiger partial charge in [-0.2, -0.15) is 5.26 Å². The van der Waals surface area contributed by atoms with E-state index in [1.807, 2.05) is 0 Å². The molecule has 1 atom stereocenters. The molecule has 1 N–H and O–H groups in total. The van der Waals surface area contributed by atoms with Crippen LogP contribution in [0.25, 0.3) is 0 Å². The zero-order valence-corrected chi connectivity index (χ0v) is 9.13. The smallest absolute Gasteiger partial charge is 0.110 e. The Kier molecular flexibility index (Phi) is 5.58. The van der Waals surface area contributed by atoms with Gasteiger partial charge in [0.2, 0.25) is 0 Å². The van der Waals surface area contributed by atoms with Crippen LogP contribution >= 0.6 is 0 Å².